The van der Waals surface area contributed by atoms with Gasteiger partial charge in [-0.1, -0.05) is 24.3 Å². The first-order chi connectivity index (χ1) is 7.54. The van der Waals surface area contributed by atoms with E-state index < -0.39 is 28.4 Å². The highest BCUT2D eigenvalue weighted by Crippen LogP contribution is 2.41. The molecule has 82 valence electrons. The lowest BCUT2D eigenvalue weighted by Gasteiger charge is -1.96. The summed E-state index contributed by atoms with van der Waals surface area (Å²) in [5.74, 6) is -3.59. The van der Waals surface area contributed by atoms with Crippen LogP contribution in [0.1, 0.15) is 0 Å². The smallest absolute Gasteiger partial charge is 0.232 e. The van der Waals surface area contributed by atoms with Crippen molar-refractivity contribution in [1.82, 2.24) is 0 Å². The van der Waals surface area contributed by atoms with Gasteiger partial charge < -0.3 is 20.4 Å². The van der Waals surface area contributed by atoms with Gasteiger partial charge in [0.25, 0.3) is 0 Å². The van der Waals surface area contributed by atoms with Crippen molar-refractivity contribution in [2.75, 3.05) is 0 Å². The fraction of sp³-hybridized carbons (Fsp3) is 0. The first-order valence-corrected chi connectivity index (χ1v) is 4.43. The minimum Gasteiger partial charge on any atom is -0.504 e. The molecule has 16 heavy (non-hydrogen) atoms. The number of hydrogen-bond acceptors (Lipinski definition) is 5. The first kappa shape index (κ1) is 10.1. The molecular weight excluding hydrogens is 212 g/mol. The van der Waals surface area contributed by atoms with Crippen LogP contribution in [0.5, 0.6) is 23.0 Å². The molecule has 0 aromatic heterocycles. The molecule has 0 unspecified atom stereocenters. The van der Waals surface area contributed by atoms with Crippen LogP contribution in [0.15, 0.2) is 29.1 Å². The molecule has 2 aromatic rings. The van der Waals surface area contributed by atoms with Crippen molar-refractivity contribution in [1.29, 1.82) is 0 Å². The molecule has 0 atom stereocenters. The van der Waals surface area contributed by atoms with Crippen LogP contribution in [0.3, 0.4) is 0 Å². The molecule has 0 spiro atoms. The van der Waals surface area contributed by atoms with Gasteiger partial charge in [0.1, 0.15) is 0 Å². The molecule has 0 saturated carbocycles. The van der Waals surface area contributed by atoms with Gasteiger partial charge >= 0.3 is 0 Å². The topological polar surface area (TPSA) is 98.0 Å². The van der Waals surface area contributed by atoms with Crippen LogP contribution < -0.4 is 5.43 Å². The third-order valence-corrected chi connectivity index (χ3v) is 2.31. The van der Waals surface area contributed by atoms with Gasteiger partial charge in [0.2, 0.25) is 22.7 Å². The standard InChI is InChI=1S/C11H8O5/c12-7-5-3-1-2-4-6(5)8(13)10(15)11(16)9(7)14/h1-4H,(H4,12,13,14,15,16). The summed E-state index contributed by atoms with van der Waals surface area (Å²) in [7, 11) is 0. The Balaban J connectivity index is 3.21. The average Bonchev–Trinajstić information content (AvgIpc) is 2.38. The maximum Gasteiger partial charge on any atom is 0.232 e. The fourth-order valence-electron chi connectivity index (χ4n) is 1.47. The van der Waals surface area contributed by atoms with E-state index in [2.05, 4.69) is 0 Å². The largest absolute Gasteiger partial charge is 0.504 e. The van der Waals surface area contributed by atoms with Gasteiger partial charge in [-0.3, -0.25) is 4.79 Å². The van der Waals surface area contributed by atoms with Crippen LogP contribution in [0.25, 0.3) is 10.8 Å². The molecule has 0 heterocycles. The minimum atomic E-state index is -1.03. The van der Waals surface area contributed by atoms with Gasteiger partial charge in [0.05, 0.1) is 0 Å². The van der Waals surface area contributed by atoms with Crippen molar-refractivity contribution in [3.63, 3.8) is 0 Å². The molecule has 0 amide bonds. The van der Waals surface area contributed by atoms with Crippen molar-refractivity contribution in [3.05, 3.63) is 34.5 Å². The molecule has 2 rings (SSSR count). The van der Waals surface area contributed by atoms with Crippen LogP contribution >= 0.6 is 0 Å². The number of rotatable bonds is 0. The Morgan fingerprint density at radius 3 is 1.81 bits per heavy atom. The molecule has 0 radical (unpaired) electrons. The third-order valence-electron chi connectivity index (χ3n) is 2.31. The van der Waals surface area contributed by atoms with E-state index in [1.54, 1.807) is 6.07 Å². The zero-order chi connectivity index (χ0) is 11.9. The van der Waals surface area contributed by atoms with Gasteiger partial charge in [0.15, 0.2) is 5.75 Å². The molecule has 2 aromatic carbocycles. The molecule has 4 N–H and O–H groups in total. The quantitative estimate of drug-likeness (QED) is 0.531. The monoisotopic (exact) mass is 220 g/mol. The summed E-state index contributed by atoms with van der Waals surface area (Å²) in [6.45, 7) is 0. The Morgan fingerprint density at radius 1 is 0.688 bits per heavy atom. The molecule has 5 heteroatoms. The average molecular weight is 220 g/mol. The van der Waals surface area contributed by atoms with E-state index in [0.717, 1.165) is 0 Å². The lowest BCUT2D eigenvalue weighted by molar-refractivity contribution is 0.351. The second-order valence-corrected chi connectivity index (χ2v) is 3.27. The lowest BCUT2D eigenvalue weighted by Crippen LogP contribution is -1.96. The van der Waals surface area contributed by atoms with Gasteiger partial charge in [-0.05, 0) is 0 Å². The highest BCUT2D eigenvalue weighted by Gasteiger charge is 2.16. The number of fused-ring (bicyclic) bond motifs is 1. The second kappa shape index (κ2) is 3.30. The molecule has 0 aliphatic heterocycles. The van der Waals surface area contributed by atoms with E-state index in [1.807, 2.05) is 0 Å². The normalized spacial score (nSPS) is 10.5. The first-order valence-electron chi connectivity index (χ1n) is 4.43. The molecule has 0 aliphatic rings. The Hall–Kier alpha value is -2.43. The summed E-state index contributed by atoms with van der Waals surface area (Å²) < 4.78 is 0. The molecule has 0 bridgehead atoms. The van der Waals surface area contributed by atoms with Crippen LogP contribution in [-0.2, 0) is 0 Å². The third kappa shape index (κ3) is 1.22. The minimum absolute atomic E-state index is 0.00750. The summed E-state index contributed by atoms with van der Waals surface area (Å²) in [5, 5.41) is 37.6. The predicted octanol–water partition coefficient (Wildman–Crippen LogP) is 1.02. The van der Waals surface area contributed by atoms with Crippen molar-refractivity contribution in [3.8, 4) is 23.0 Å². The van der Waals surface area contributed by atoms with Crippen molar-refractivity contribution >= 4 is 10.8 Å². The van der Waals surface area contributed by atoms with E-state index in [1.165, 1.54) is 18.2 Å². The molecular formula is C11H8O5. The summed E-state index contributed by atoms with van der Waals surface area (Å²) in [5.41, 5.74) is -0.858. The van der Waals surface area contributed by atoms with Crippen molar-refractivity contribution in [2.45, 2.75) is 0 Å². The van der Waals surface area contributed by atoms with Crippen LogP contribution in [0.4, 0.5) is 0 Å². The van der Waals surface area contributed by atoms with E-state index >= 15 is 0 Å². The van der Waals surface area contributed by atoms with E-state index in [4.69, 9.17) is 0 Å². The van der Waals surface area contributed by atoms with Crippen LogP contribution in [-0.4, -0.2) is 20.4 Å². The zero-order valence-corrected chi connectivity index (χ0v) is 8.01. The van der Waals surface area contributed by atoms with E-state index in [0.29, 0.717) is 0 Å². The van der Waals surface area contributed by atoms with Crippen molar-refractivity contribution < 1.29 is 20.4 Å². The van der Waals surface area contributed by atoms with Crippen molar-refractivity contribution in [2.24, 2.45) is 0 Å². The molecule has 5 nitrogen and oxygen atoms in total. The van der Waals surface area contributed by atoms with Gasteiger partial charge in [0, 0.05) is 10.8 Å². The summed E-state index contributed by atoms with van der Waals surface area (Å²) in [6.07, 6.45) is 0. The van der Waals surface area contributed by atoms with Gasteiger partial charge in [-0.2, -0.15) is 0 Å². The highest BCUT2D eigenvalue weighted by atomic mass is 16.3. The number of aromatic hydroxyl groups is 4. The summed E-state index contributed by atoms with van der Waals surface area (Å²) >= 11 is 0. The molecule has 0 fully saturated rings. The summed E-state index contributed by atoms with van der Waals surface area (Å²) in [6, 6.07) is 5.85. The number of hydrogen-bond donors (Lipinski definition) is 4. The maximum absolute atomic E-state index is 11.6. The second-order valence-electron chi connectivity index (χ2n) is 3.27. The lowest BCUT2D eigenvalue weighted by atomic mass is 10.2. The number of benzene rings is 1. The van der Waals surface area contributed by atoms with Gasteiger partial charge in [-0.15, -0.1) is 0 Å². The Bertz CT molecular complexity index is 633. The predicted molar refractivity (Wildman–Crippen MR) is 56.9 cm³/mol. The highest BCUT2D eigenvalue weighted by molar-refractivity contribution is 5.91. The van der Waals surface area contributed by atoms with Crippen LogP contribution in [0.2, 0.25) is 0 Å². The summed E-state index contributed by atoms with van der Waals surface area (Å²) in [4.78, 5) is 11.6. The molecule has 0 saturated heterocycles. The fourth-order valence-corrected chi connectivity index (χ4v) is 1.47. The SMILES string of the molecule is O=c1c(O)c(O)c(O)c(O)c2ccccc12. The van der Waals surface area contributed by atoms with Crippen LogP contribution in [0, 0.1) is 0 Å². The maximum atomic E-state index is 11.6. The molecule has 0 aliphatic carbocycles. The van der Waals surface area contributed by atoms with Gasteiger partial charge in [-0.25, -0.2) is 0 Å². The zero-order valence-electron chi connectivity index (χ0n) is 8.01. The van der Waals surface area contributed by atoms with E-state index in [9.17, 15) is 25.2 Å². The van der Waals surface area contributed by atoms with E-state index in [-0.39, 0.29) is 10.8 Å². The Morgan fingerprint density at radius 2 is 1.19 bits per heavy atom. The Kier molecular flexibility index (Phi) is 2.09. The Labute approximate surface area is 89.5 Å².